The maximum Gasteiger partial charge on any atom is 0.497 e. The number of ether oxygens (including phenoxy) is 1. The number of esters is 1. The van der Waals surface area contributed by atoms with Crippen LogP contribution in [0.2, 0.25) is 0 Å². The summed E-state index contributed by atoms with van der Waals surface area (Å²) in [6, 6.07) is 9.50. The summed E-state index contributed by atoms with van der Waals surface area (Å²) in [6.07, 6.45) is 1.55. The van der Waals surface area contributed by atoms with Crippen LogP contribution < -0.4 is 15.9 Å². The molecule has 3 fully saturated rings. The van der Waals surface area contributed by atoms with Crippen LogP contribution in [0.3, 0.4) is 0 Å². The van der Waals surface area contributed by atoms with Crippen LogP contribution in [0.1, 0.15) is 109 Å². The van der Waals surface area contributed by atoms with Gasteiger partial charge in [-0.25, -0.2) is 4.39 Å². The fourth-order valence-electron chi connectivity index (χ4n) is 4.80. The number of nitrogens with zero attached hydrogens (tertiary/aromatic N) is 1. The van der Waals surface area contributed by atoms with E-state index in [4.69, 9.17) is 38.4 Å². The lowest BCUT2D eigenvalue weighted by Gasteiger charge is -2.32. The molecule has 0 aliphatic carbocycles. The van der Waals surface area contributed by atoms with E-state index in [0.717, 1.165) is 0 Å². The van der Waals surface area contributed by atoms with Crippen molar-refractivity contribution in [2.24, 2.45) is 4.99 Å². The maximum absolute atomic E-state index is 14.6. The van der Waals surface area contributed by atoms with Crippen LogP contribution in [-0.2, 0) is 32.7 Å². The topological polar surface area (TPSA) is 120 Å². The molecule has 49 heavy (non-hydrogen) atoms. The second-order valence-corrected chi connectivity index (χ2v) is 15.2. The number of benzene rings is 2. The largest absolute Gasteiger partial charge is 0.497 e. The van der Waals surface area contributed by atoms with E-state index < -0.39 is 44.1 Å². The van der Waals surface area contributed by atoms with E-state index >= 15 is 0 Å². The molecule has 10 nitrogen and oxygen atoms in total. The zero-order valence-electron chi connectivity index (χ0n) is 31.9. The zero-order valence-corrected chi connectivity index (χ0v) is 31.9. The van der Waals surface area contributed by atoms with Gasteiger partial charge in [-0.3, -0.25) is 9.79 Å². The summed E-state index contributed by atoms with van der Waals surface area (Å²) in [5.41, 5.74) is 5.06. The molecule has 3 aliphatic heterocycles. The molecule has 14 heteroatoms. The van der Waals surface area contributed by atoms with Gasteiger partial charge in [0.05, 0.1) is 39.3 Å². The molecule has 3 aliphatic rings. The Labute approximate surface area is 293 Å². The van der Waals surface area contributed by atoms with Crippen molar-refractivity contribution in [3.8, 4) is 5.75 Å². The summed E-state index contributed by atoms with van der Waals surface area (Å²) in [5.74, 6) is -0.458. The van der Waals surface area contributed by atoms with Crippen LogP contribution >= 0.6 is 0 Å². The standard InChI is InChI=1S/C21H24BFN2O4.C12H24B2O4.C2H6/c1-13(26)27-16-8-6-15(7-9-16)25-12-14-10-17(18(23)11-19(14)24)22-28-20(2,3)21(4,5)29-22;1-9(2)10(3,4)16-13(15-9)14-17-11(5,6)12(7,8)18-14;1-2/h6-12H,24H2,1-5H3;1-8H3;1-2H3. The Morgan fingerprint density at radius 2 is 1.10 bits per heavy atom. The van der Waals surface area contributed by atoms with Crippen molar-refractivity contribution in [3.63, 3.8) is 0 Å². The van der Waals surface area contributed by atoms with E-state index in [1.165, 1.54) is 13.0 Å². The van der Waals surface area contributed by atoms with Gasteiger partial charge in [0.15, 0.2) is 0 Å². The van der Waals surface area contributed by atoms with Gasteiger partial charge in [-0.15, -0.1) is 0 Å². The Morgan fingerprint density at radius 3 is 1.49 bits per heavy atom. The molecule has 2 N–H and O–H groups in total. The lowest BCUT2D eigenvalue weighted by Crippen LogP contribution is -2.41. The van der Waals surface area contributed by atoms with E-state index in [1.807, 2.05) is 96.9 Å². The zero-order chi connectivity index (χ0) is 37.4. The van der Waals surface area contributed by atoms with Crippen LogP contribution in [0.5, 0.6) is 5.75 Å². The molecule has 268 valence electrons. The van der Waals surface area contributed by atoms with Gasteiger partial charge >= 0.3 is 27.1 Å². The van der Waals surface area contributed by atoms with Crippen LogP contribution in [0, 0.1) is 5.82 Å². The summed E-state index contributed by atoms with van der Waals surface area (Å²) in [4.78, 5) is 15.3. The lowest BCUT2D eigenvalue weighted by atomic mass is 9.49. The van der Waals surface area contributed by atoms with Crippen molar-refractivity contribution in [1.29, 1.82) is 0 Å². The minimum absolute atomic E-state index is 0.253. The quantitative estimate of drug-likeness (QED) is 0.121. The van der Waals surface area contributed by atoms with Gasteiger partial charge in [-0.2, -0.15) is 0 Å². The minimum Gasteiger partial charge on any atom is -0.427 e. The molecular formula is C35H54B3FN2O8. The Bertz CT molecular complexity index is 1430. The molecular weight excluding hydrogens is 628 g/mol. The van der Waals surface area contributed by atoms with Crippen molar-refractivity contribution in [3.05, 3.63) is 47.8 Å². The SMILES string of the molecule is CC.CC(=O)Oc1ccc(N=Cc2cc(B3OC(C)(C)C(C)(C)O3)c(F)cc2N)cc1.CC1(C)OB(B2OC(C)(C)C(C)(C)O2)OC1(C)C. The number of rotatable bonds is 5. The van der Waals surface area contributed by atoms with E-state index in [0.29, 0.717) is 17.0 Å². The van der Waals surface area contributed by atoms with E-state index in [1.54, 1.807) is 36.5 Å². The molecule has 0 unspecified atom stereocenters. The fourth-order valence-corrected chi connectivity index (χ4v) is 4.80. The highest BCUT2D eigenvalue weighted by molar-refractivity contribution is 7.11. The Hall–Kier alpha value is -2.74. The molecule has 0 saturated carbocycles. The number of halogens is 1. The first-order valence-electron chi connectivity index (χ1n) is 16.8. The number of hydrogen-bond acceptors (Lipinski definition) is 10. The number of hydrogen-bond donors (Lipinski definition) is 1. The number of carbonyl (C=O) groups is 1. The average Bonchev–Trinajstić information content (AvgIpc) is 3.43. The van der Waals surface area contributed by atoms with Crippen molar-refractivity contribution < 1.29 is 41.8 Å². The predicted octanol–water partition coefficient (Wildman–Crippen LogP) is 6.66. The van der Waals surface area contributed by atoms with Gasteiger partial charge in [-0.05, 0) is 119 Å². The highest BCUT2D eigenvalue weighted by Crippen LogP contribution is 2.43. The number of aliphatic imine (C=N–C) groups is 1. The second-order valence-electron chi connectivity index (χ2n) is 15.2. The molecule has 0 aromatic heterocycles. The molecule has 2 aromatic carbocycles. The molecule has 0 spiro atoms. The van der Waals surface area contributed by atoms with Gasteiger partial charge < -0.3 is 38.4 Å². The Balaban J connectivity index is 0.000000278. The normalized spacial score (nSPS) is 22.3. The van der Waals surface area contributed by atoms with Crippen molar-refractivity contribution >= 4 is 50.2 Å². The summed E-state index contributed by atoms with van der Waals surface area (Å²) in [5, 5.41) is 0. The molecule has 0 radical (unpaired) electrons. The molecule has 2 aromatic rings. The molecule has 0 atom stereocenters. The summed E-state index contributed by atoms with van der Waals surface area (Å²) in [7, 11) is -1.79. The Morgan fingerprint density at radius 1 is 0.714 bits per heavy atom. The first-order valence-corrected chi connectivity index (χ1v) is 16.8. The average molecular weight is 682 g/mol. The number of anilines is 1. The highest BCUT2D eigenvalue weighted by atomic mass is 19.1. The van der Waals surface area contributed by atoms with E-state index in [9.17, 15) is 9.18 Å². The van der Waals surface area contributed by atoms with Crippen LogP contribution in [0.15, 0.2) is 41.4 Å². The molecule has 5 rings (SSSR count). The molecule has 0 amide bonds. The summed E-state index contributed by atoms with van der Waals surface area (Å²) < 4.78 is 55.3. The van der Waals surface area contributed by atoms with Gasteiger partial charge in [0.1, 0.15) is 11.6 Å². The van der Waals surface area contributed by atoms with Crippen molar-refractivity contribution in [2.45, 2.75) is 137 Å². The maximum atomic E-state index is 14.6. The molecule has 3 heterocycles. The van der Waals surface area contributed by atoms with Crippen LogP contribution in [0.25, 0.3) is 0 Å². The third-order valence-electron chi connectivity index (χ3n) is 9.93. The number of nitrogens with two attached hydrogens (primary N) is 1. The fraction of sp³-hybridized carbons (Fsp3) is 0.600. The second kappa shape index (κ2) is 14.5. The lowest BCUT2D eigenvalue weighted by molar-refractivity contribution is -0.131. The van der Waals surface area contributed by atoms with Crippen molar-refractivity contribution in [2.75, 3.05) is 5.73 Å². The first-order chi connectivity index (χ1) is 22.4. The summed E-state index contributed by atoms with van der Waals surface area (Å²) in [6.45, 7) is 29.2. The third kappa shape index (κ3) is 8.96. The minimum atomic E-state index is -0.837. The van der Waals surface area contributed by atoms with E-state index in [-0.39, 0.29) is 33.6 Å². The van der Waals surface area contributed by atoms with Gasteiger partial charge in [0.25, 0.3) is 0 Å². The monoisotopic (exact) mass is 682 g/mol. The third-order valence-corrected chi connectivity index (χ3v) is 9.93. The van der Waals surface area contributed by atoms with Crippen molar-refractivity contribution in [1.82, 2.24) is 0 Å². The van der Waals surface area contributed by atoms with Gasteiger partial charge in [0, 0.05) is 29.9 Å². The predicted molar refractivity (Wildman–Crippen MR) is 195 cm³/mol. The smallest absolute Gasteiger partial charge is 0.427 e. The Kier molecular flexibility index (Phi) is 12.0. The number of carbonyl (C=O) groups excluding carboxylic acids is 1. The number of nitrogen functional groups attached to an aromatic ring is 1. The van der Waals surface area contributed by atoms with Crippen LogP contribution in [-0.4, -0.2) is 66.9 Å². The van der Waals surface area contributed by atoms with Gasteiger partial charge in [-0.1, -0.05) is 13.8 Å². The summed E-state index contributed by atoms with van der Waals surface area (Å²) >= 11 is 0. The van der Waals surface area contributed by atoms with Gasteiger partial charge in [0.2, 0.25) is 0 Å². The highest BCUT2D eigenvalue weighted by Gasteiger charge is 2.63. The molecule has 0 bridgehead atoms. The molecule has 3 saturated heterocycles. The van der Waals surface area contributed by atoms with E-state index in [2.05, 4.69) is 4.99 Å². The first kappa shape index (κ1) is 40.7. The van der Waals surface area contributed by atoms with Crippen LogP contribution in [0.4, 0.5) is 15.8 Å².